The van der Waals surface area contributed by atoms with E-state index in [9.17, 15) is 19.8 Å². The van der Waals surface area contributed by atoms with E-state index in [0.29, 0.717) is 5.56 Å². The number of hydrogen-bond donors (Lipinski definition) is 3. The first-order valence-corrected chi connectivity index (χ1v) is 6.63. The monoisotopic (exact) mass is 314 g/mol. The predicted octanol–water partition coefficient (Wildman–Crippen LogP) is 2.90. The number of para-hydroxylation sites is 1. The van der Waals surface area contributed by atoms with Gasteiger partial charge in [0.2, 0.25) is 5.76 Å². The van der Waals surface area contributed by atoms with Crippen LogP contribution in [0.5, 0.6) is 11.5 Å². The number of aromatic hydroxyl groups is 1. The molecule has 0 aliphatic heterocycles. The molecule has 0 aromatic heterocycles. The molecule has 0 aliphatic carbocycles. The number of rotatable bonds is 5. The quantitative estimate of drug-likeness (QED) is 0.579. The summed E-state index contributed by atoms with van der Waals surface area (Å²) in [5.74, 6) is -3.99. The third-order valence-corrected chi connectivity index (χ3v) is 3.04. The summed E-state index contributed by atoms with van der Waals surface area (Å²) in [6.45, 7) is 1.90. The van der Waals surface area contributed by atoms with Crippen molar-refractivity contribution in [3.63, 3.8) is 0 Å². The van der Waals surface area contributed by atoms with Gasteiger partial charge in [-0.2, -0.15) is 0 Å². The number of aliphatic carboxylic acids is 1. The lowest BCUT2D eigenvalue weighted by atomic mass is 10.1. The first kappa shape index (κ1) is 16.1. The lowest BCUT2D eigenvalue weighted by molar-refractivity contribution is -0.134. The van der Waals surface area contributed by atoms with Crippen molar-refractivity contribution in [2.45, 2.75) is 6.92 Å². The number of carboxylic acids is 2. The summed E-state index contributed by atoms with van der Waals surface area (Å²) < 4.78 is 5.18. The van der Waals surface area contributed by atoms with Crippen molar-refractivity contribution in [3.8, 4) is 11.5 Å². The van der Waals surface area contributed by atoms with Crippen molar-refractivity contribution in [3.05, 3.63) is 64.9 Å². The zero-order valence-corrected chi connectivity index (χ0v) is 12.2. The van der Waals surface area contributed by atoms with Crippen LogP contribution in [0, 0.1) is 6.92 Å². The normalized spacial score (nSPS) is 11.1. The first-order valence-electron chi connectivity index (χ1n) is 6.63. The molecule has 3 N–H and O–H groups in total. The maximum atomic E-state index is 11.3. The van der Waals surface area contributed by atoms with E-state index in [0.717, 1.165) is 5.56 Å². The van der Waals surface area contributed by atoms with Gasteiger partial charge >= 0.3 is 11.9 Å². The Labute approximate surface area is 131 Å². The molecule has 6 nitrogen and oxygen atoms in total. The average molecular weight is 314 g/mol. The molecule has 0 amide bonds. The van der Waals surface area contributed by atoms with E-state index in [-0.39, 0.29) is 11.3 Å². The van der Waals surface area contributed by atoms with Crippen LogP contribution < -0.4 is 4.74 Å². The smallest absolute Gasteiger partial charge is 0.371 e. The molecule has 0 saturated carbocycles. The Kier molecular flexibility index (Phi) is 4.66. The molecular formula is C17H14O6. The van der Waals surface area contributed by atoms with Crippen LogP contribution in [0.1, 0.15) is 21.5 Å². The average Bonchev–Trinajstić information content (AvgIpc) is 2.50. The second-order valence-corrected chi connectivity index (χ2v) is 4.78. The molecule has 0 aliphatic rings. The summed E-state index contributed by atoms with van der Waals surface area (Å²) in [5, 5.41) is 28.0. The minimum absolute atomic E-state index is 0.245. The third-order valence-electron chi connectivity index (χ3n) is 3.04. The van der Waals surface area contributed by atoms with E-state index in [1.807, 2.05) is 19.1 Å². The number of carbonyl (C=O) groups is 2. The number of ether oxygens (including phenoxy) is 1. The SMILES string of the molecule is Cc1ccc(/C=C(\Oc2cccc(C(=O)O)c2O)C(=O)O)cc1. The topological polar surface area (TPSA) is 104 Å². The van der Waals surface area contributed by atoms with Crippen LogP contribution >= 0.6 is 0 Å². The molecule has 2 aromatic rings. The second-order valence-electron chi connectivity index (χ2n) is 4.78. The molecular weight excluding hydrogens is 300 g/mol. The van der Waals surface area contributed by atoms with Gasteiger partial charge in [-0.15, -0.1) is 0 Å². The second kappa shape index (κ2) is 6.65. The van der Waals surface area contributed by atoms with Gasteiger partial charge in [0.25, 0.3) is 0 Å². The van der Waals surface area contributed by atoms with Crippen LogP contribution in [0.25, 0.3) is 6.08 Å². The van der Waals surface area contributed by atoms with Gasteiger partial charge in [-0.1, -0.05) is 35.9 Å². The van der Waals surface area contributed by atoms with Crippen molar-refractivity contribution >= 4 is 18.0 Å². The fourth-order valence-corrected chi connectivity index (χ4v) is 1.84. The number of aryl methyl sites for hydroxylation is 1. The maximum Gasteiger partial charge on any atom is 0.371 e. The molecule has 23 heavy (non-hydrogen) atoms. The van der Waals surface area contributed by atoms with Crippen molar-refractivity contribution in [1.29, 1.82) is 0 Å². The zero-order chi connectivity index (χ0) is 17.0. The Morgan fingerprint density at radius 3 is 2.26 bits per heavy atom. The predicted molar refractivity (Wildman–Crippen MR) is 82.5 cm³/mol. The molecule has 2 rings (SSSR count). The molecule has 0 saturated heterocycles. The Balaban J connectivity index is 2.37. The standard InChI is InChI=1S/C17H14O6/c1-10-5-7-11(8-6-10)9-14(17(21)22)23-13-4-2-3-12(15(13)18)16(19)20/h2-9,18H,1H3,(H,19,20)(H,21,22)/b14-9-. The van der Waals surface area contributed by atoms with Gasteiger partial charge in [-0.25, -0.2) is 9.59 Å². The number of phenols is 1. The number of aromatic carboxylic acids is 1. The van der Waals surface area contributed by atoms with Crippen LogP contribution in [-0.4, -0.2) is 27.3 Å². The van der Waals surface area contributed by atoms with Crippen LogP contribution in [-0.2, 0) is 4.79 Å². The molecule has 0 heterocycles. The summed E-state index contributed by atoms with van der Waals surface area (Å²) in [6, 6.07) is 10.9. The van der Waals surface area contributed by atoms with E-state index in [1.165, 1.54) is 24.3 Å². The minimum Gasteiger partial charge on any atom is -0.504 e. The van der Waals surface area contributed by atoms with E-state index in [1.54, 1.807) is 12.1 Å². The number of carboxylic acid groups (broad SMARTS) is 2. The molecule has 0 unspecified atom stereocenters. The fourth-order valence-electron chi connectivity index (χ4n) is 1.84. The highest BCUT2D eigenvalue weighted by Crippen LogP contribution is 2.31. The number of hydrogen-bond acceptors (Lipinski definition) is 4. The van der Waals surface area contributed by atoms with Gasteiger partial charge in [0.1, 0.15) is 5.56 Å². The maximum absolute atomic E-state index is 11.3. The van der Waals surface area contributed by atoms with Gasteiger partial charge in [-0.05, 0) is 30.7 Å². The Morgan fingerprint density at radius 1 is 1.04 bits per heavy atom. The van der Waals surface area contributed by atoms with E-state index >= 15 is 0 Å². The Hall–Kier alpha value is -3.28. The summed E-state index contributed by atoms with van der Waals surface area (Å²) in [7, 11) is 0. The summed E-state index contributed by atoms with van der Waals surface area (Å²) in [5.41, 5.74) is 1.25. The molecule has 2 aromatic carbocycles. The zero-order valence-electron chi connectivity index (χ0n) is 12.2. The highest BCUT2D eigenvalue weighted by atomic mass is 16.5. The molecule has 6 heteroatoms. The van der Waals surface area contributed by atoms with E-state index in [4.69, 9.17) is 9.84 Å². The Morgan fingerprint density at radius 2 is 1.70 bits per heavy atom. The van der Waals surface area contributed by atoms with Gasteiger partial charge in [0, 0.05) is 0 Å². The molecule has 0 fully saturated rings. The lowest BCUT2D eigenvalue weighted by Gasteiger charge is -2.09. The lowest BCUT2D eigenvalue weighted by Crippen LogP contribution is -2.08. The number of benzene rings is 2. The molecule has 0 radical (unpaired) electrons. The largest absolute Gasteiger partial charge is 0.504 e. The van der Waals surface area contributed by atoms with Crippen molar-refractivity contribution in [2.24, 2.45) is 0 Å². The van der Waals surface area contributed by atoms with Gasteiger partial charge in [0.05, 0.1) is 0 Å². The molecule has 118 valence electrons. The van der Waals surface area contributed by atoms with Crippen LogP contribution in [0.2, 0.25) is 0 Å². The highest BCUT2D eigenvalue weighted by Gasteiger charge is 2.18. The van der Waals surface area contributed by atoms with E-state index < -0.39 is 23.4 Å². The first-order chi connectivity index (χ1) is 10.9. The summed E-state index contributed by atoms with van der Waals surface area (Å²) in [4.78, 5) is 22.3. The van der Waals surface area contributed by atoms with Crippen LogP contribution in [0.15, 0.2) is 48.2 Å². The molecule has 0 spiro atoms. The van der Waals surface area contributed by atoms with Crippen molar-refractivity contribution < 1.29 is 29.6 Å². The summed E-state index contributed by atoms with van der Waals surface area (Å²) >= 11 is 0. The summed E-state index contributed by atoms with van der Waals surface area (Å²) in [6.07, 6.45) is 1.29. The van der Waals surface area contributed by atoms with E-state index in [2.05, 4.69) is 0 Å². The van der Waals surface area contributed by atoms with Crippen LogP contribution in [0.3, 0.4) is 0 Å². The van der Waals surface area contributed by atoms with Gasteiger partial charge in [0.15, 0.2) is 11.5 Å². The molecule has 0 bridgehead atoms. The van der Waals surface area contributed by atoms with Crippen LogP contribution in [0.4, 0.5) is 0 Å². The minimum atomic E-state index is -1.34. The van der Waals surface area contributed by atoms with Gasteiger partial charge < -0.3 is 20.1 Å². The van der Waals surface area contributed by atoms with Crippen molar-refractivity contribution in [2.75, 3.05) is 0 Å². The molecule has 0 atom stereocenters. The van der Waals surface area contributed by atoms with Crippen molar-refractivity contribution in [1.82, 2.24) is 0 Å². The van der Waals surface area contributed by atoms with Gasteiger partial charge in [-0.3, -0.25) is 0 Å². The Bertz CT molecular complexity index is 774. The highest BCUT2D eigenvalue weighted by molar-refractivity contribution is 5.93. The fraction of sp³-hybridized carbons (Fsp3) is 0.0588. The third kappa shape index (κ3) is 3.88.